The minimum atomic E-state index is -0.439. The van der Waals surface area contributed by atoms with Crippen molar-refractivity contribution in [2.75, 3.05) is 5.32 Å². The molecule has 2 aromatic carbocycles. The Hall–Kier alpha value is -1.25. The first-order valence-corrected chi connectivity index (χ1v) is 6.26. The van der Waals surface area contributed by atoms with Gasteiger partial charge in [-0.2, -0.15) is 0 Å². The summed E-state index contributed by atoms with van der Waals surface area (Å²) >= 11 is 11.9. The van der Waals surface area contributed by atoms with Gasteiger partial charge in [-0.15, -0.1) is 0 Å². The molecule has 2 rings (SSSR count). The first-order chi connectivity index (χ1) is 8.56. The summed E-state index contributed by atoms with van der Waals surface area (Å²) in [6.07, 6.45) is 0. The van der Waals surface area contributed by atoms with E-state index in [9.17, 15) is 4.39 Å². The highest BCUT2D eigenvalue weighted by atomic mass is 35.5. The van der Waals surface area contributed by atoms with Crippen molar-refractivity contribution in [2.45, 2.75) is 13.5 Å². The lowest BCUT2D eigenvalue weighted by molar-refractivity contribution is 0.628. The normalized spacial score (nSPS) is 10.4. The van der Waals surface area contributed by atoms with Crippen LogP contribution >= 0.6 is 23.2 Å². The standard InChI is InChI=1S/C14H12Cl2FN/c1-9-2-4-10(5-3-9)8-18-14-12(15)6-11(17)7-13(14)16/h2-7,18H,8H2,1H3. The van der Waals surface area contributed by atoms with E-state index in [1.807, 2.05) is 31.2 Å². The van der Waals surface area contributed by atoms with Crippen LogP contribution in [0.4, 0.5) is 10.1 Å². The fraction of sp³-hybridized carbons (Fsp3) is 0.143. The van der Waals surface area contributed by atoms with E-state index in [0.29, 0.717) is 12.2 Å². The Balaban J connectivity index is 2.13. The summed E-state index contributed by atoms with van der Waals surface area (Å²) < 4.78 is 13.0. The Kier molecular flexibility index (Phi) is 4.10. The molecule has 4 heteroatoms. The lowest BCUT2D eigenvalue weighted by atomic mass is 10.1. The number of hydrogen-bond donors (Lipinski definition) is 1. The van der Waals surface area contributed by atoms with Crippen LogP contribution < -0.4 is 5.32 Å². The Morgan fingerprint density at radius 3 is 2.17 bits per heavy atom. The number of benzene rings is 2. The second-order valence-corrected chi connectivity index (χ2v) is 4.90. The van der Waals surface area contributed by atoms with Crippen molar-refractivity contribution in [3.63, 3.8) is 0 Å². The van der Waals surface area contributed by atoms with Crippen LogP contribution in [0.3, 0.4) is 0 Å². The molecule has 0 fully saturated rings. The number of rotatable bonds is 3. The van der Waals surface area contributed by atoms with Gasteiger partial charge in [0.1, 0.15) is 5.82 Å². The van der Waals surface area contributed by atoms with Crippen LogP contribution in [0.5, 0.6) is 0 Å². The minimum Gasteiger partial charge on any atom is -0.379 e. The van der Waals surface area contributed by atoms with Gasteiger partial charge in [0.2, 0.25) is 0 Å². The summed E-state index contributed by atoms with van der Waals surface area (Å²) in [5.74, 6) is -0.439. The fourth-order valence-electron chi connectivity index (χ4n) is 1.61. The average Bonchev–Trinajstić information content (AvgIpc) is 2.30. The predicted molar refractivity (Wildman–Crippen MR) is 74.9 cm³/mol. The van der Waals surface area contributed by atoms with Gasteiger partial charge >= 0.3 is 0 Å². The molecule has 0 aliphatic heterocycles. The summed E-state index contributed by atoms with van der Waals surface area (Å²) in [5, 5.41) is 3.68. The Labute approximate surface area is 116 Å². The van der Waals surface area contributed by atoms with Crippen molar-refractivity contribution in [1.82, 2.24) is 0 Å². The molecule has 0 aliphatic rings. The van der Waals surface area contributed by atoms with Crippen LogP contribution in [-0.2, 0) is 6.54 Å². The third-order valence-corrected chi connectivity index (χ3v) is 3.19. The summed E-state index contributed by atoms with van der Waals surface area (Å²) in [6, 6.07) is 10.6. The number of aryl methyl sites for hydroxylation is 1. The number of nitrogens with one attached hydrogen (secondary N) is 1. The molecule has 0 aliphatic carbocycles. The van der Waals surface area contributed by atoms with E-state index in [1.54, 1.807) is 0 Å². The highest BCUT2D eigenvalue weighted by molar-refractivity contribution is 6.39. The molecule has 0 saturated heterocycles. The van der Waals surface area contributed by atoms with Gasteiger partial charge in [0.15, 0.2) is 0 Å². The highest BCUT2D eigenvalue weighted by Crippen LogP contribution is 2.31. The fourth-order valence-corrected chi connectivity index (χ4v) is 2.20. The molecule has 0 atom stereocenters. The van der Waals surface area contributed by atoms with Crippen molar-refractivity contribution in [1.29, 1.82) is 0 Å². The van der Waals surface area contributed by atoms with Crippen LogP contribution in [-0.4, -0.2) is 0 Å². The van der Waals surface area contributed by atoms with Gasteiger partial charge in [0, 0.05) is 6.54 Å². The molecule has 94 valence electrons. The van der Waals surface area contributed by atoms with E-state index in [0.717, 1.165) is 5.56 Å². The SMILES string of the molecule is Cc1ccc(CNc2c(Cl)cc(F)cc2Cl)cc1. The molecule has 0 bridgehead atoms. The van der Waals surface area contributed by atoms with E-state index in [-0.39, 0.29) is 10.0 Å². The van der Waals surface area contributed by atoms with Crippen molar-refractivity contribution in [3.05, 3.63) is 63.4 Å². The number of anilines is 1. The molecule has 0 heterocycles. The van der Waals surface area contributed by atoms with Gasteiger partial charge in [-0.3, -0.25) is 0 Å². The molecular formula is C14H12Cl2FN. The summed E-state index contributed by atoms with van der Waals surface area (Å²) in [6.45, 7) is 2.62. The van der Waals surface area contributed by atoms with E-state index in [1.165, 1.54) is 17.7 Å². The molecule has 0 radical (unpaired) electrons. The van der Waals surface area contributed by atoms with E-state index < -0.39 is 5.82 Å². The van der Waals surface area contributed by atoms with Gasteiger partial charge in [-0.25, -0.2) is 4.39 Å². The van der Waals surface area contributed by atoms with Gasteiger partial charge in [0.05, 0.1) is 15.7 Å². The molecular weight excluding hydrogens is 272 g/mol. The van der Waals surface area contributed by atoms with Gasteiger partial charge in [-0.1, -0.05) is 53.0 Å². The third-order valence-electron chi connectivity index (χ3n) is 2.60. The number of halogens is 3. The maximum Gasteiger partial charge on any atom is 0.126 e. The zero-order valence-corrected chi connectivity index (χ0v) is 11.3. The Morgan fingerprint density at radius 2 is 1.61 bits per heavy atom. The second-order valence-electron chi connectivity index (χ2n) is 4.08. The summed E-state index contributed by atoms with van der Waals surface area (Å²) in [4.78, 5) is 0. The first kappa shape index (κ1) is 13.2. The van der Waals surface area contributed by atoms with E-state index in [4.69, 9.17) is 23.2 Å². The predicted octanol–water partition coefficient (Wildman–Crippen LogP) is 5.05. The molecule has 1 N–H and O–H groups in total. The molecule has 2 aromatic rings. The van der Waals surface area contributed by atoms with Crippen LogP contribution in [0.15, 0.2) is 36.4 Å². The highest BCUT2D eigenvalue weighted by Gasteiger charge is 2.07. The molecule has 18 heavy (non-hydrogen) atoms. The van der Waals surface area contributed by atoms with Gasteiger partial charge in [-0.05, 0) is 24.6 Å². The monoisotopic (exact) mass is 283 g/mol. The molecule has 1 nitrogen and oxygen atoms in total. The minimum absolute atomic E-state index is 0.284. The van der Waals surface area contributed by atoms with Gasteiger partial charge in [0.25, 0.3) is 0 Å². The summed E-state index contributed by atoms with van der Waals surface area (Å²) in [7, 11) is 0. The Bertz CT molecular complexity index is 529. The Morgan fingerprint density at radius 1 is 1.06 bits per heavy atom. The smallest absolute Gasteiger partial charge is 0.126 e. The molecule has 0 saturated carbocycles. The molecule has 0 spiro atoms. The average molecular weight is 284 g/mol. The lowest BCUT2D eigenvalue weighted by Gasteiger charge is -2.10. The van der Waals surface area contributed by atoms with Crippen molar-refractivity contribution < 1.29 is 4.39 Å². The van der Waals surface area contributed by atoms with Crippen LogP contribution in [0.25, 0.3) is 0 Å². The van der Waals surface area contributed by atoms with E-state index >= 15 is 0 Å². The lowest BCUT2D eigenvalue weighted by Crippen LogP contribution is -2.01. The largest absolute Gasteiger partial charge is 0.379 e. The maximum absolute atomic E-state index is 13.0. The zero-order valence-electron chi connectivity index (χ0n) is 9.81. The van der Waals surface area contributed by atoms with Crippen LogP contribution in [0.2, 0.25) is 10.0 Å². The van der Waals surface area contributed by atoms with E-state index in [2.05, 4.69) is 5.32 Å². The maximum atomic E-state index is 13.0. The molecule has 0 aromatic heterocycles. The second kappa shape index (κ2) is 5.59. The van der Waals surface area contributed by atoms with Crippen molar-refractivity contribution >= 4 is 28.9 Å². The van der Waals surface area contributed by atoms with Crippen molar-refractivity contribution in [2.24, 2.45) is 0 Å². The van der Waals surface area contributed by atoms with Crippen LogP contribution in [0.1, 0.15) is 11.1 Å². The first-order valence-electron chi connectivity index (χ1n) is 5.50. The van der Waals surface area contributed by atoms with Crippen molar-refractivity contribution in [3.8, 4) is 0 Å². The zero-order chi connectivity index (χ0) is 13.1. The molecule has 0 unspecified atom stereocenters. The number of hydrogen-bond acceptors (Lipinski definition) is 1. The summed E-state index contributed by atoms with van der Waals surface area (Å²) in [5.41, 5.74) is 2.87. The topological polar surface area (TPSA) is 12.0 Å². The quantitative estimate of drug-likeness (QED) is 0.831. The molecule has 0 amide bonds. The third kappa shape index (κ3) is 3.15. The van der Waals surface area contributed by atoms with Gasteiger partial charge < -0.3 is 5.32 Å². The van der Waals surface area contributed by atoms with Crippen LogP contribution in [0, 0.1) is 12.7 Å².